The summed E-state index contributed by atoms with van der Waals surface area (Å²) in [4.78, 5) is 39.9. The Bertz CT molecular complexity index is 1430. The fourth-order valence-electron chi connectivity index (χ4n) is 7.94. The van der Waals surface area contributed by atoms with Crippen LogP contribution in [0.3, 0.4) is 0 Å². The number of allylic oxidation sites excluding steroid dienone is 11. The first-order chi connectivity index (χ1) is 33.9. The average Bonchev–Trinajstić information content (AvgIpc) is 3.32. The number of esters is 1. The number of nitrogens with one attached hydrogen (secondary N) is 1. The third-order valence-electron chi connectivity index (χ3n) is 12.4. The van der Waals surface area contributed by atoms with E-state index in [-0.39, 0.29) is 24.9 Å². The molecule has 0 radical (unpaired) electrons. The lowest BCUT2D eigenvalue weighted by Crippen LogP contribution is -2.47. The second-order valence-electron chi connectivity index (χ2n) is 20.4. The Morgan fingerprint density at radius 2 is 0.957 bits per heavy atom. The topological polar surface area (TPSA) is 114 Å². The van der Waals surface area contributed by atoms with Crippen molar-refractivity contribution in [3.63, 3.8) is 0 Å². The van der Waals surface area contributed by atoms with Gasteiger partial charge in [0.15, 0.2) is 0 Å². The van der Waals surface area contributed by atoms with Gasteiger partial charge in [0.2, 0.25) is 5.91 Å². The Labute approximate surface area is 432 Å². The second kappa shape index (κ2) is 50.0. The number of amides is 1. The smallest absolute Gasteiger partial charge is 0.306 e. The summed E-state index contributed by atoms with van der Waals surface area (Å²) < 4.78 is 30.2. The van der Waals surface area contributed by atoms with Gasteiger partial charge in [0.25, 0.3) is 7.82 Å². The van der Waals surface area contributed by atoms with Crippen LogP contribution >= 0.6 is 7.82 Å². The van der Waals surface area contributed by atoms with Gasteiger partial charge in [-0.05, 0) is 89.5 Å². The standard InChI is InChI=1S/C60H109N2O7P/c1-7-10-13-16-19-22-25-28-30-32-34-37-40-43-46-49-52-59(63)61-57(56-68-70(65,66)67-55-54-62(4,5)6)58(51-48-45-42-39-36-33-27-24-21-18-15-12-9-3)69-60(64)53-50-47-44-41-38-35-31-29-26-23-20-17-14-11-8-2/h10,13,19-20,22-23,26,28-30,48,51,57-58H,7-9,11-12,14-18,21,24-25,27,31-47,49-50,52-56H2,1-6H3,(H-,61,63,65,66)/b13-10+,22-19+,23-20+,29-26+,30-28+,51-48+. The first-order valence-electron chi connectivity index (χ1n) is 28.8. The van der Waals surface area contributed by atoms with Crippen LogP contribution in [0.15, 0.2) is 72.9 Å². The highest BCUT2D eigenvalue weighted by Crippen LogP contribution is 2.38. The van der Waals surface area contributed by atoms with Crippen molar-refractivity contribution >= 4 is 19.7 Å². The molecule has 0 saturated carbocycles. The molecule has 406 valence electrons. The van der Waals surface area contributed by atoms with Gasteiger partial charge in [0.05, 0.1) is 33.8 Å². The van der Waals surface area contributed by atoms with Crippen LogP contribution in [0.1, 0.15) is 245 Å². The minimum atomic E-state index is -4.70. The van der Waals surface area contributed by atoms with Gasteiger partial charge < -0.3 is 28.5 Å². The molecule has 1 amide bonds. The van der Waals surface area contributed by atoms with Crippen molar-refractivity contribution in [2.24, 2.45) is 0 Å². The number of quaternary nitrogens is 1. The van der Waals surface area contributed by atoms with Gasteiger partial charge in [0.1, 0.15) is 19.3 Å². The maximum Gasteiger partial charge on any atom is 0.306 e. The van der Waals surface area contributed by atoms with Crippen molar-refractivity contribution in [2.45, 2.75) is 258 Å². The van der Waals surface area contributed by atoms with E-state index in [1.807, 2.05) is 33.3 Å². The highest BCUT2D eigenvalue weighted by molar-refractivity contribution is 7.45. The number of rotatable bonds is 51. The van der Waals surface area contributed by atoms with E-state index in [0.29, 0.717) is 23.9 Å². The largest absolute Gasteiger partial charge is 0.756 e. The third kappa shape index (κ3) is 50.4. The molecule has 0 aliphatic rings. The number of unbranched alkanes of at least 4 members (excludes halogenated alkanes) is 26. The van der Waals surface area contributed by atoms with Gasteiger partial charge in [0, 0.05) is 12.8 Å². The number of carbonyl (C=O) groups excluding carboxylic acids is 2. The molecular formula is C60H109N2O7P. The number of phosphoric ester groups is 1. The van der Waals surface area contributed by atoms with E-state index in [4.69, 9.17) is 13.8 Å². The molecule has 0 bridgehead atoms. The Hall–Kier alpha value is -2.55. The SMILES string of the molecule is CC/C=C/C/C=C/C/C=C/CCCCCCCCC(=O)NC(COP(=O)([O-])OCC[N+](C)(C)C)C(/C=C/CCCCCCCCCCCCC)OC(=O)CCCCCCCC/C=C/C=C/CCCCC. The summed E-state index contributed by atoms with van der Waals surface area (Å²) >= 11 is 0. The molecule has 0 aromatic heterocycles. The molecule has 0 heterocycles. The Morgan fingerprint density at radius 3 is 1.49 bits per heavy atom. The quantitative estimate of drug-likeness (QED) is 0.0161. The summed E-state index contributed by atoms with van der Waals surface area (Å²) in [5.74, 6) is -0.571. The molecule has 0 aromatic rings. The molecule has 3 atom stereocenters. The molecule has 10 heteroatoms. The number of hydrogen-bond acceptors (Lipinski definition) is 7. The summed E-state index contributed by atoms with van der Waals surface area (Å²) in [6.07, 6.45) is 62.8. The molecule has 0 spiro atoms. The monoisotopic (exact) mass is 1000 g/mol. The van der Waals surface area contributed by atoms with Gasteiger partial charge in [-0.25, -0.2) is 0 Å². The molecule has 9 nitrogen and oxygen atoms in total. The summed E-state index contributed by atoms with van der Waals surface area (Å²) in [6, 6.07) is -0.902. The summed E-state index contributed by atoms with van der Waals surface area (Å²) in [5, 5.41) is 3.01. The molecule has 1 N–H and O–H groups in total. The third-order valence-corrected chi connectivity index (χ3v) is 13.4. The normalized spacial score (nSPS) is 14.3. The van der Waals surface area contributed by atoms with Gasteiger partial charge in [-0.3, -0.25) is 14.2 Å². The lowest BCUT2D eigenvalue weighted by Gasteiger charge is -2.30. The van der Waals surface area contributed by atoms with Crippen molar-refractivity contribution in [3.05, 3.63) is 72.9 Å². The Kier molecular flexibility index (Phi) is 48.2. The molecule has 0 aliphatic heterocycles. The minimum Gasteiger partial charge on any atom is -0.756 e. The van der Waals surface area contributed by atoms with E-state index >= 15 is 0 Å². The number of hydrogen-bond donors (Lipinski definition) is 1. The van der Waals surface area contributed by atoms with Crippen LogP contribution < -0.4 is 10.2 Å². The van der Waals surface area contributed by atoms with Crippen LogP contribution in [0.25, 0.3) is 0 Å². The minimum absolute atomic E-state index is 0.0296. The van der Waals surface area contributed by atoms with Gasteiger partial charge in [-0.2, -0.15) is 0 Å². The molecule has 0 rings (SSSR count). The van der Waals surface area contributed by atoms with Crippen LogP contribution in [0.2, 0.25) is 0 Å². The lowest BCUT2D eigenvalue weighted by atomic mass is 10.0. The predicted molar refractivity (Wildman–Crippen MR) is 298 cm³/mol. The molecule has 0 saturated heterocycles. The van der Waals surface area contributed by atoms with E-state index < -0.39 is 26.6 Å². The summed E-state index contributed by atoms with van der Waals surface area (Å²) in [6.45, 7) is 6.68. The van der Waals surface area contributed by atoms with Crippen molar-refractivity contribution in [1.29, 1.82) is 0 Å². The zero-order valence-corrected chi connectivity index (χ0v) is 47.1. The van der Waals surface area contributed by atoms with Crippen molar-refractivity contribution < 1.29 is 37.3 Å². The van der Waals surface area contributed by atoms with Gasteiger partial charge in [-0.15, -0.1) is 0 Å². The predicted octanol–water partition coefficient (Wildman–Crippen LogP) is 16.6. The van der Waals surface area contributed by atoms with Gasteiger partial charge in [-0.1, -0.05) is 216 Å². The fraction of sp³-hybridized carbons (Fsp3) is 0.767. The van der Waals surface area contributed by atoms with E-state index in [0.717, 1.165) is 122 Å². The maximum atomic E-state index is 13.5. The maximum absolute atomic E-state index is 13.5. The molecule has 3 unspecified atom stereocenters. The molecular weight excluding hydrogens is 892 g/mol. The molecule has 0 fully saturated rings. The summed E-state index contributed by atoms with van der Waals surface area (Å²) in [5.41, 5.74) is 0. The van der Waals surface area contributed by atoms with E-state index in [1.165, 1.54) is 83.5 Å². The van der Waals surface area contributed by atoms with Gasteiger partial charge >= 0.3 is 5.97 Å². The highest BCUT2D eigenvalue weighted by atomic mass is 31.2. The lowest BCUT2D eigenvalue weighted by molar-refractivity contribution is -0.870. The van der Waals surface area contributed by atoms with Crippen molar-refractivity contribution in [1.82, 2.24) is 5.32 Å². The number of phosphoric acid groups is 1. The van der Waals surface area contributed by atoms with Crippen LogP contribution in [-0.2, 0) is 27.9 Å². The Morgan fingerprint density at radius 1 is 0.529 bits per heavy atom. The number of likely N-dealkylation sites (N-methyl/N-ethyl adjacent to an activating group) is 1. The first kappa shape index (κ1) is 67.5. The fourth-order valence-corrected chi connectivity index (χ4v) is 8.66. The van der Waals surface area contributed by atoms with E-state index in [9.17, 15) is 19.0 Å². The van der Waals surface area contributed by atoms with Crippen molar-refractivity contribution in [3.8, 4) is 0 Å². The second-order valence-corrected chi connectivity index (χ2v) is 21.8. The number of carbonyl (C=O) groups is 2. The van der Waals surface area contributed by atoms with Crippen LogP contribution in [0, 0.1) is 0 Å². The van der Waals surface area contributed by atoms with Crippen LogP contribution in [-0.4, -0.2) is 69.4 Å². The molecule has 0 aliphatic carbocycles. The van der Waals surface area contributed by atoms with Crippen LogP contribution in [0.4, 0.5) is 0 Å². The van der Waals surface area contributed by atoms with E-state index in [2.05, 4.69) is 86.8 Å². The summed E-state index contributed by atoms with van der Waals surface area (Å²) in [7, 11) is 1.16. The highest BCUT2D eigenvalue weighted by Gasteiger charge is 2.27. The van der Waals surface area contributed by atoms with Crippen LogP contribution in [0.5, 0.6) is 0 Å². The zero-order valence-electron chi connectivity index (χ0n) is 46.2. The first-order valence-corrected chi connectivity index (χ1v) is 30.2. The van der Waals surface area contributed by atoms with Crippen molar-refractivity contribution in [2.75, 3.05) is 40.9 Å². The number of nitrogens with zero attached hydrogens (tertiary/aromatic N) is 1. The number of ether oxygens (including phenoxy) is 1. The zero-order chi connectivity index (χ0) is 51.5. The van der Waals surface area contributed by atoms with E-state index in [1.54, 1.807) is 0 Å². The molecule has 70 heavy (non-hydrogen) atoms. The molecule has 0 aromatic carbocycles. The average molecular weight is 1000 g/mol. The Balaban J connectivity index is 5.42.